The van der Waals surface area contributed by atoms with Crippen LogP contribution in [0.15, 0.2) is 42.5 Å². The Hall–Kier alpha value is -3.45. The third-order valence-corrected chi connectivity index (χ3v) is 5.29. The Kier molecular flexibility index (Phi) is 10.7. The molecule has 1 atom stereocenters. The van der Waals surface area contributed by atoms with E-state index in [2.05, 4.69) is 15.4 Å². The van der Waals surface area contributed by atoms with Gasteiger partial charge in [-0.1, -0.05) is 23.7 Å². The zero-order valence-corrected chi connectivity index (χ0v) is 19.7. The van der Waals surface area contributed by atoms with E-state index in [1.165, 1.54) is 36.0 Å². The summed E-state index contributed by atoms with van der Waals surface area (Å²) in [5.74, 6) is -2.32. The number of non-ortho nitro benzene ring substituents is 1. The third kappa shape index (κ3) is 8.68. The average Bonchev–Trinajstić information content (AvgIpc) is 2.80. The number of halogens is 3. The van der Waals surface area contributed by atoms with Crippen molar-refractivity contribution in [1.29, 1.82) is 0 Å². The normalized spacial score (nSPS) is 11.5. The van der Waals surface area contributed by atoms with Crippen molar-refractivity contribution in [1.82, 2.24) is 5.32 Å². The van der Waals surface area contributed by atoms with Crippen molar-refractivity contribution >= 4 is 52.5 Å². The fraction of sp³-hybridized carbons (Fsp3) is 0.286. The van der Waals surface area contributed by atoms with Gasteiger partial charge < -0.3 is 20.1 Å². The highest BCUT2D eigenvalue weighted by Gasteiger charge is 2.25. The molecule has 0 bridgehead atoms. The molecule has 0 radical (unpaired) electrons. The van der Waals surface area contributed by atoms with Crippen molar-refractivity contribution in [2.24, 2.45) is 0 Å². The highest BCUT2D eigenvalue weighted by Crippen LogP contribution is 2.25. The number of hydrogen-bond acceptors (Lipinski definition) is 8. The summed E-state index contributed by atoms with van der Waals surface area (Å²) in [4.78, 5) is 47.5. The van der Waals surface area contributed by atoms with Crippen LogP contribution in [-0.4, -0.2) is 54.0 Å². The van der Waals surface area contributed by atoms with Gasteiger partial charge in [0.1, 0.15) is 11.8 Å². The fourth-order valence-electron chi connectivity index (χ4n) is 2.71. The molecule has 0 aliphatic rings. The van der Waals surface area contributed by atoms with Crippen molar-refractivity contribution in [3.63, 3.8) is 0 Å². The third-order valence-electron chi connectivity index (χ3n) is 4.33. The first-order chi connectivity index (χ1) is 16.6. The van der Waals surface area contributed by atoms with Crippen LogP contribution in [0.3, 0.4) is 0 Å². The monoisotopic (exact) mass is 531 g/mol. The quantitative estimate of drug-likeness (QED) is 0.239. The summed E-state index contributed by atoms with van der Waals surface area (Å²) in [6.07, 6.45) is 1.94. The van der Waals surface area contributed by atoms with E-state index in [4.69, 9.17) is 16.3 Å². The maximum atomic E-state index is 12.6. The zero-order valence-electron chi connectivity index (χ0n) is 18.2. The molecule has 0 aromatic heterocycles. The number of alkyl halides is 2. The number of nitrogens with zero attached hydrogens (tertiary/aromatic N) is 1. The number of benzene rings is 2. The number of rotatable bonds is 12. The molecule has 10 nitrogen and oxygen atoms in total. The summed E-state index contributed by atoms with van der Waals surface area (Å²) in [5, 5.41) is 15.4. The molecule has 2 rings (SSSR count). The Morgan fingerprint density at radius 1 is 1.20 bits per heavy atom. The lowest BCUT2D eigenvalue weighted by atomic mass is 10.1. The SMILES string of the molecule is CSCC[C@H](NC(=O)c1ccc([N+](=O)[O-])cc1Cl)C(=O)OCC(=O)Nc1ccccc1OC(F)F. The summed E-state index contributed by atoms with van der Waals surface area (Å²) in [5.41, 5.74) is -0.446. The molecular formula is C21H20ClF2N3O7S. The molecule has 2 amide bonds. The maximum absolute atomic E-state index is 12.6. The minimum absolute atomic E-state index is 0.0473. The lowest BCUT2D eigenvalue weighted by molar-refractivity contribution is -0.384. The second kappa shape index (κ2) is 13.4. The number of nitro benzene ring substituents is 1. The Balaban J connectivity index is 2.02. The lowest BCUT2D eigenvalue weighted by Crippen LogP contribution is -2.43. The van der Waals surface area contributed by atoms with Gasteiger partial charge in [0.25, 0.3) is 17.5 Å². The lowest BCUT2D eigenvalue weighted by Gasteiger charge is -2.18. The number of amides is 2. The van der Waals surface area contributed by atoms with E-state index < -0.39 is 42.0 Å². The minimum atomic E-state index is -3.10. The molecule has 0 spiro atoms. The molecule has 35 heavy (non-hydrogen) atoms. The van der Waals surface area contributed by atoms with Crippen LogP contribution in [0, 0.1) is 10.1 Å². The number of nitrogens with one attached hydrogen (secondary N) is 2. The molecule has 188 valence electrons. The van der Waals surface area contributed by atoms with Gasteiger partial charge in [0, 0.05) is 12.1 Å². The molecule has 14 heteroatoms. The largest absolute Gasteiger partial charge is 0.454 e. The number of hydrogen-bond donors (Lipinski definition) is 2. The number of carbonyl (C=O) groups is 3. The van der Waals surface area contributed by atoms with E-state index in [9.17, 15) is 33.3 Å². The van der Waals surface area contributed by atoms with Crippen LogP contribution in [0.1, 0.15) is 16.8 Å². The Morgan fingerprint density at radius 3 is 2.54 bits per heavy atom. The van der Waals surface area contributed by atoms with Crippen molar-refractivity contribution in [2.75, 3.05) is 23.9 Å². The standard InChI is InChI=1S/C21H20ClF2N3O7S/c1-35-9-8-16(26-19(29)13-7-6-12(27(31)32)10-14(13)22)20(30)33-11-18(28)25-15-4-2-3-5-17(15)34-21(23)24/h2-7,10,16,21H,8-9,11H2,1H3,(H,25,28)(H,26,29)/t16-/m0/s1. The minimum Gasteiger partial charge on any atom is -0.454 e. The van der Waals surface area contributed by atoms with Gasteiger partial charge in [-0.15, -0.1) is 0 Å². The number of nitro groups is 1. The van der Waals surface area contributed by atoms with E-state index in [0.717, 1.165) is 18.2 Å². The van der Waals surface area contributed by atoms with Crippen molar-refractivity contribution < 1.29 is 37.6 Å². The van der Waals surface area contributed by atoms with Gasteiger partial charge in [0.05, 0.1) is 21.2 Å². The number of para-hydroxylation sites is 2. The number of anilines is 1. The molecule has 0 fully saturated rings. The van der Waals surface area contributed by atoms with Gasteiger partial charge in [-0.3, -0.25) is 19.7 Å². The van der Waals surface area contributed by atoms with Crippen LogP contribution in [0.2, 0.25) is 5.02 Å². The zero-order chi connectivity index (χ0) is 26.0. The van der Waals surface area contributed by atoms with Gasteiger partial charge in [0.15, 0.2) is 6.61 Å². The van der Waals surface area contributed by atoms with Gasteiger partial charge in [-0.2, -0.15) is 20.5 Å². The molecule has 0 aliphatic heterocycles. The molecular weight excluding hydrogens is 512 g/mol. The smallest absolute Gasteiger partial charge is 0.387 e. The summed E-state index contributed by atoms with van der Waals surface area (Å²) in [6.45, 7) is -3.86. The first kappa shape index (κ1) is 27.8. The molecule has 0 saturated heterocycles. The first-order valence-electron chi connectivity index (χ1n) is 9.86. The van der Waals surface area contributed by atoms with Crippen LogP contribution in [0.4, 0.5) is 20.2 Å². The number of thioether (sulfide) groups is 1. The highest BCUT2D eigenvalue weighted by atomic mass is 35.5. The maximum Gasteiger partial charge on any atom is 0.387 e. The fourth-order valence-corrected chi connectivity index (χ4v) is 3.45. The van der Waals surface area contributed by atoms with E-state index in [0.29, 0.717) is 5.75 Å². The predicted octanol–water partition coefficient (Wildman–Crippen LogP) is 3.88. The van der Waals surface area contributed by atoms with Crippen LogP contribution < -0.4 is 15.4 Å². The summed E-state index contributed by atoms with van der Waals surface area (Å²) < 4.78 is 34.3. The summed E-state index contributed by atoms with van der Waals surface area (Å²) in [6, 6.07) is 7.57. The van der Waals surface area contributed by atoms with E-state index in [1.807, 2.05) is 0 Å². The van der Waals surface area contributed by atoms with Crippen LogP contribution in [0.5, 0.6) is 5.75 Å². The molecule has 0 aliphatic carbocycles. The Morgan fingerprint density at radius 2 is 1.91 bits per heavy atom. The molecule has 2 aromatic carbocycles. The molecule has 0 heterocycles. The average molecular weight is 532 g/mol. The first-order valence-corrected chi connectivity index (χ1v) is 11.6. The van der Waals surface area contributed by atoms with Crippen molar-refractivity contribution in [3.8, 4) is 5.75 Å². The number of ether oxygens (including phenoxy) is 2. The Labute approximate surface area is 207 Å². The van der Waals surface area contributed by atoms with Crippen LogP contribution in [-0.2, 0) is 14.3 Å². The van der Waals surface area contributed by atoms with Gasteiger partial charge in [-0.05, 0) is 36.6 Å². The predicted molar refractivity (Wildman–Crippen MR) is 125 cm³/mol. The van der Waals surface area contributed by atoms with Gasteiger partial charge in [0.2, 0.25) is 0 Å². The van der Waals surface area contributed by atoms with E-state index in [-0.39, 0.29) is 34.1 Å². The topological polar surface area (TPSA) is 137 Å². The Bertz CT molecular complexity index is 1090. The number of carbonyl (C=O) groups excluding carboxylic acids is 3. The van der Waals surface area contributed by atoms with Crippen molar-refractivity contribution in [2.45, 2.75) is 19.1 Å². The summed E-state index contributed by atoms with van der Waals surface area (Å²) >= 11 is 7.36. The van der Waals surface area contributed by atoms with Crippen LogP contribution >= 0.6 is 23.4 Å². The van der Waals surface area contributed by atoms with E-state index in [1.54, 1.807) is 6.26 Å². The summed E-state index contributed by atoms with van der Waals surface area (Å²) in [7, 11) is 0. The second-order valence-electron chi connectivity index (χ2n) is 6.76. The highest BCUT2D eigenvalue weighted by molar-refractivity contribution is 7.98. The second-order valence-corrected chi connectivity index (χ2v) is 8.15. The molecule has 2 aromatic rings. The molecule has 0 saturated carbocycles. The molecule has 0 unspecified atom stereocenters. The molecule has 2 N–H and O–H groups in total. The van der Waals surface area contributed by atoms with Gasteiger partial charge >= 0.3 is 12.6 Å². The van der Waals surface area contributed by atoms with Crippen molar-refractivity contribution in [3.05, 3.63) is 63.2 Å². The van der Waals surface area contributed by atoms with E-state index >= 15 is 0 Å². The number of esters is 1. The van der Waals surface area contributed by atoms with Crippen LogP contribution in [0.25, 0.3) is 0 Å². The van der Waals surface area contributed by atoms with Gasteiger partial charge in [-0.25, -0.2) is 4.79 Å².